The number of para-hydroxylation sites is 1. The highest BCUT2D eigenvalue weighted by Gasteiger charge is 2.32. The van der Waals surface area contributed by atoms with Gasteiger partial charge in [-0.2, -0.15) is 13.2 Å². The zero-order valence-corrected chi connectivity index (χ0v) is 9.76. The third kappa shape index (κ3) is 4.65. The van der Waals surface area contributed by atoms with Crippen LogP contribution in [-0.4, -0.2) is 12.5 Å². The van der Waals surface area contributed by atoms with Crippen molar-refractivity contribution in [1.29, 1.82) is 0 Å². The van der Waals surface area contributed by atoms with E-state index in [1.165, 1.54) is 12.1 Å². The van der Waals surface area contributed by atoms with Gasteiger partial charge in [0, 0.05) is 18.7 Å². The van der Waals surface area contributed by atoms with Gasteiger partial charge in [-0.25, -0.2) is 0 Å². The van der Waals surface area contributed by atoms with Gasteiger partial charge < -0.3 is 11.1 Å². The molecule has 0 aliphatic rings. The number of amides is 1. The fourth-order valence-electron chi connectivity index (χ4n) is 1.53. The SMILES string of the molecule is NC(=O)CCCCNc1ccccc1C(F)(F)F. The van der Waals surface area contributed by atoms with E-state index in [1.807, 2.05) is 0 Å². The van der Waals surface area contributed by atoms with Crippen molar-refractivity contribution >= 4 is 11.6 Å². The Morgan fingerprint density at radius 2 is 1.89 bits per heavy atom. The summed E-state index contributed by atoms with van der Waals surface area (Å²) in [6.07, 6.45) is -2.95. The lowest BCUT2D eigenvalue weighted by atomic mass is 10.1. The molecule has 18 heavy (non-hydrogen) atoms. The summed E-state index contributed by atoms with van der Waals surface area (Å²) in [6, 6.07) is 5.31. The maximum absolute atomic E-state index is 12.6. The number of hydrogen-bond donors (Lipinski definition) is 2. The number of rotatable bonds is 6. The van der Waals surface area contributed by atoms with E-state index in [-0.39, 0.29) is 12.1 Å². The van der Waals surface area contributed by atoms with Crippen molar-refractivity contribution < 1.29 is 18.0 Å². The number of carbonyl (C=O) groups excluding carboxylic acids is 1. The summed E-state index contributed by atoms with van der Waals surface area (Å²) < 4.78 is 37.9. The molecule has 1 aromatic carbocycles. The first-order valence-corrected chi connectivity index (χ1v) is 5.59. The summed E-state index contributed by atoms with van der Waals surface area (Å²) in [6.45, 7) is 0.375. The lowest BCUT2D eigenvalue weighted by Crippen LogP contribution is -2.13. The van der Waals surface area contributed by atoms with Crippen LogP contribution in [0, 0.1) is 0 Å². The van der Waals surface area contributed by atoms with Crippen LogP contribution in [0.15, 0.2) is 24.3 Å². The Labute approximate surface area is 103 Å². The first-order valence-electron chi connectivity index (χ1n) is 5.59. The van der Waals surface area contributed by atoms with E-state index in [9.17, 15) is 18.0 Å². The van der Waals surface area contributed by atoms with Gasteiger partial charge >= 0.3 is 6.18 Å². The Morgan fingerprint density at radius 1 is 1.22 bits per heavy atom. The quantitative estimate of drug-likeness (QED) is 0.773. The maximum atomic E-state index is 12.6. The number of alkyl halides is 3. The molecule has 0 aromatic heterocycles. The molecule has 1 amide bonds. The predicted molar refractivity (Wildman–Crippen MR) is 63.0 cm³/mol. The molecule has 0 saturated heterocycles. The molecule has 0 radical (unpaired) electrons. The monoisotopic (exact) mass is 260 g/mol. The van der Waals surface area contributed by atoms with Gasteiger partial charge in [0.2, 0.25) is 5.91 Å². The molecule has 0 heterocycles. The minimum Gasteiger partial charge on any atom is -0.385 e. The topological polar surface area (TPSA) is 55.1 Å². The van der Waals surface area contributed by atoms with E-state index in [0.717, 1.165) is 6.07 Å². The minimum atomic E-state index is -4.36. The van der Waals surface area contributed by atoms with Crippen molar-refractivity contribution in [2.75, 3.05) is 11.9 Å². The first kappa shape index (κ1) is 14.3. The number of primary amides is 1. The standard InChI is InChI=1S/C12H15F3N2O/c13-12(14,15)9-5-1-2-6-10(9)17-8-4-3-7-11(16)18/h1-2,5-6,17H,3-4,7-8H2,(H2,16,18). The van der Waals surface area contributed by atoms with Gasteiger partial charge in [-0.05, 0) is 25.0 Å². The number of nitrogens with one attached hydrogen (secondary N) is 1. The van der Waals surface area contributed by atoms with Crippen LogP contribution in [0.25, 0.3) is 0 Å². The van der Waals surface area contributed by atoms with Gasteiger partial charge in [0.25, 0.3) is 0 Å². The van der Waals surface area contributed by atoms with Crippen LogP contribution < -0.4 is 11.1 Å². The number of halogens is 3. The smallest absolute Gasteiger partial charge is 0.385 e. The lowest BCUT2D eigenvalue weighted by molar-refractivity contribution is -0.137. The molecule has 0 bridgehead atoms. The number of benzene rings is 1. The third-order valence-electron chi connectivity index (χ3n) is 2.40. The highest BCUT2D eigenvalue weighted by Crippen LogP contribution is 2.34. The predicted octanol–water partition coefficient (Wildman–Crippen LogP) is 2.77. The van der Waals surface area contributed by atoms with Crippen LogP contribution >= 0.6 is 0 Å². The summed E-state index contributed by atoms with van der Waals surface area (Å²) in [4.78, 5) is 10.5. The Bertz CT molecular complexity index is 405. The average Bonchev–Trinajstić information content (AvgIpc) is 2.27. The van der Waals surface area contributed by atoms with E-state index in [1.54, 1.807) is 6.07 Å². The Balaban J connectivity index is 2.50. The number of hydrogen-bond acceptors (Lipinski definition) is 2. The summed E-state index contributed by atoms with van der Waals surface area (Å²) in [5.41, 5.74) is 4.34. The van der Waals surface area contributed by atoms with Crippen LogP contribution in [0.2, 0.25) is 0 Å². The molecule has 3 N–H and O–H groups in total. The van der Waals surface area contributed by atoms with Crippen molar-refractivity contribution in [2.24, 2.45) is 5.73 Å². The van der Waals surface area contributed by atoms with Gasteiger partial charge in [0.1, 0.15) is 0 Å². The molecule has 1 aromatic rings. The molecule has 0 unspecified atom stereocenters. The molecule has 1 rings (SSSR count). The van der Waals surface area contributed by atoms with Gasteiger partial charge in [-0.15, -0.1) is 0 Å². The zero-order valence-electron chi connectivity index (χ0n) is 9.76. The van der Waals surface area contributed by atoms with E-state index in [0.29, 0.717) is 19.4 Å². The van der Waals surface area contributed by atoms with E-state index in [2.05, 4.69) is 5.32 Å². The lowest BCUT2D eigenvalue weighted by Gasteiger charge is -2.14. The number of unbranched alkanes of at least 4 members (excludes halogenated alkanes) is 1. The van der Waals surface area contributed by atoms with Gasteiger partial charge in [0.15, 0.2) is 0 Å². The third-order valence-corrected chi connectivity index (χ3v) is 2.40. The van der Waals surface area contributed by atoms with Crippen molar-refractivity contribution in [3.05, 3.63) is 29.8 Å². The molecule has 100 valence electrons. The zero-order chi connectivity index (χ0) is 13.6. The molecular weight excluding hydrogens is 245 g/mol. The normalized spacial score (nSPS) is 11.3. The maximum Gasteiger partial charge on any atom is 0.418 e. The fourth-order valence-corrected chi connectivity index (χ4v) is 1.53. The molecule has 0 spiro atoms. The largest absolute Gasteiger partial charge is 0.418 e. The van der Waals surface area contributed by atoms with Crippen molar-refractivity contribution in [3.63, 3.8) is 0 Å². The Morgan fingerprint density at radius 3 is 2.50 bits per heavy atom. The van der Waals surface area contributed by atoms with Crippen molar-refractivity contribution in [2.45, 2.75) is 25.4 Å². The van der Waals surface area contributed by atoms with Crippen molar-refractivity contribution in [3.8, 4) is 0 Å². The van der Waals surface area contributed by atoms with Crippen LogP contribution in [0.4, 0.5) is 18.9 Å². The van der Waals surface area contributed by atoms with Crippen LogP contribution in [0.5, 0.6) is 0 Å². The van der Waals surface area contributed by atoms with E-state index < -0.39 is 17.6 Å². The second-order valence-electron chi connectivity index (χ2n) is 3.89. The second kappa shape index (κ2) is 6.28. The average molecular weight is 260 g/mol. The molecule has 3 nitrogen and oxygen atoms in total. The Kier molecular flexibility index (Phi) is 5.00. The molecular formula is C12H15F3N2O. The van der Waals surface area contributed by atoms with Gasteiger partial charge in [-0.3, -0.25) is 4.79 Å². The van der Waals surface area contributed by atoms with Crippen LogP contribution in [0.1, 0.15) is 24.8 Å². The summed E-state index contributed by atoms with van der Waals surface area (Å²) in [7, 11) is 0. The second-order valence-corrected chi connectivity index (χ2v) is 3.89. The summed E-state index contributed by atoms with van der Waals surface area (Å²) in [5, 5.41) is 2.72. The van der Waals surface area contributed by atoms with Crippen molar-refractivity contribution in [1.82, 2.24) is 0 Å². The number of carbonyl (C=O) groups is 1. The minimum absolute atomic E-state index is 0.0593. The molecule has 0 fully saturated rings. The number of nitrogens with two attached hydrogens (primary N) is 1. The van der Waals surface area contributed by atoms with E-state index >= 15 is 0 Å². The molecule has 0 aliphatic carbocycles. The fraction of sp³-hybridized carbons (Fsp3) is 0.417. The summed E-state index contributed by atoms with van der Waals surface area (Å²) in [5.74, 6) is -0.398. The molecule has 0 saturated carbocycles. The Hall–Kier alpha value is -1.72. The molecule has 0 aliphatic heterocycles. The summed E-state index contributed by atoms with van der Waals surface area (Å²) >= 11 is 0. The van der Waals surface area contributed by atoms with Crippen LogP contribution in [0.3, 0.4) is 0 Å². The number of anilines is 1. The molecule has 6 heteroatoms. The highest BCUT2D eigenvalue weighted by atomic mass is 19.4. The first-order chi connectivity index (χ1) is 8.41. The van der Waals surface area contributed by atoms with E-state index in [4.69, 9.17) is 5.73 Å². The van der Waals surface area contributed by atoms with Gasteiger partial charge in [0.05, 0.1) is 5.56 Å². The van der Waals surface area contributed by atoms with Crippen LogP contribution in [-0.2, 0) is 11.0 Å². The highest BCUT2D eigenvalue weighted by molar-refractivity contribution is 5.73. The van der Waals surface area contributed by atoms with Gasteiger partial charge in [-0.1, -0.05) is 12.1 Å². The molecule has 0 atom stereocenters.